The highest BCUT2D eigenvalue weighted by atomic mass is 16.5. The van der Waals surface area contributed by atoms with Crippen LogP contribution in [0.25, 0.3) is 0 Å². The zero-order valence-corrected chi connectivity index (χ0v) is 16.5. The third-order valence-corrected chi connectivity index (χ3v) is 4.84. The predicted octanol–water partition coefficient (Wildman–Crippen LogP) is 0.741. The summed E-state index contributed by atoms with van der Waals surface area (Å²) < 4.78 is 5.31. The number of carbonyl (C=O) groups excluding carboxylic acids is 1. The molecular weight excluding hydrogens is 330 g/mol. The van der Waals surface area contributed by atoms with Gasteiger partial charge in [-0.15, -0.1) is 0 Å². The lowest BCUT2D eigenvalue weighted by atomic mass is 9.80. The summed E-state index contributed by atoms with van der Waals surface area (Å²) in [4.78, 5) is 14.5. The van der Waals surface area contributed by atoms with Gasteiger partial charge < -0.3 is 20.7 Å². The number of nitrogens with zero attached hydrogens (tertiary/aromatic N) is 2. The number of ether oxygens (including phenoxy) is 1. The molecule has 26 heavy (non-hydrogen) atoms. The van der Waals surface area contributed by atoms with Crippen LogP contribution in [-0.4, -0.2) is 67.3 Å². The second kappa shape index (κ2) is 8.85. The van der Waals surface area contributed by atoms with E-state index in [1.165, 1.54) is 0 Å². The molecule has 2 saturated heterocycles. The Morgan fingerprint density at radius 1 is 1.27 bits per heavy atom. The molecule has 146 valence electrons. The highest BCUT2D eigenvalue weighted by molar-refractivity contribution is 5.97. The topological polar surface area (TPSA) is 89.4 Å². The van der Waals surface area contributed by atoms with Gasteiger partial charge in [-0.25, -0.2) is 0 Å². The summed E-state index contributed by atoms with van der Waals surface area (Å²) in [6.07, 6.45) is 3.45. The van der Waals surface area contributed by atoms with Crippen molar-refractivity contribution in [2.45, 2.75) is 57.7 Å². The molecular formula is C19H33N5O2. The van der Waals surface area contributed by atoms with Crippen molar-refractivity contribution in [3.8, 4) is 6.07 Å². The molecule has 0 aromatic rings. The van der Waals surface area contributed by atoms with Gasteiger partial charge in [0, 0.05) is 49.5 Å². The van der Waals surface area contributed by atoms with Gasteiger partial charge in [0.15, 0.2) is 0 Å². The van der Waals surface area contributed by atoms with Gasteiger partial charge in [0.05, 0.1) is 13.2 Å². The number of rotatable bonds is 6. The maximum Gasteiger partial charge on any atom is 0.263 e. The molecule has 7 nitrogen and oxygen atoms in total. The molecule has 1 amide bonds. The minimum atomic E-state index is -0.319. The fourth-order valence-electron chi connectivity index (χ4n) is 4.04. The molecule has 0 aliphatic carbocycles. The number of piperidine rings is 1. The molecule has 3 N–H and O–H groups in total. The van der Waals surface area contributed by atoms with Crippen LogP contribution in [0, 0.1) is 11.3 Å². The van der Waals surface area contributed by atoms with Crippen molar-refractivity contribution in [1.29, 1.82) is 5.26 Å². The van der Waals surface area contributed by atoms with Gasteiger partial charge in [-0.3, -0.25) is 9.69 Å². The standard InChI is InChI=1S/C19H33N5O2/c1-18(2)11-16(12-19(3,4)23-18)22-14-15(13-20)17(25)21-5-6-24-7-9-26-10-8-24/h14,16,22-23H,5-12H2,1-4H3,(H,21,25)/b15-14-. The molecule has 0 radical (unpaired) electrons. The summed E-state index contributed by atoms with van der Waals surface area (Å²) in [7, 11) is 0. The van der Waals surface area contributed by atoms with Crippen LogP contribution in [0.15, 0.2) is 11.8 Å². The molecule has 0 saturated carbocycles. The molecule has 0 bridgehead atoms. The molecule has 2 fully saturated rings. The highest BCUT2D eigenvalue weighted by Gasteiger charge is 2.37. The van der Waals surface area contributed by atoms with E-state index in [0.29, 0.717) is 6.54 Å². The number of morpholine rings is 1. The number of nitrogens with one attached hydrogen (secondary N) is 3. The van der Waals surface area contributed by atoms with E-state index in [0.717, 1.165) is 45.7 Å². The number of hydrogen-bond donors (Lipinski definition) is 3. The molecule has 0 aromatic carbocycles. The van der Waals surface area contributed by atoms with Crippen LogP contribution >= 0.6 is 0 Å². The summed E-state index contributed by atoms with van der Waals surface area (Å²) in [5.41, 5.74) is 0.155. The van der Waals surface area contributed by atoms with Gasteiger partial charge in [-0.1, -0.05) is 0 Å². The molecule has 2 heterocycles. The van der Waals surface area contributed by atoms with Gasteiger partial charge in [0.2, 0.25) is 0 Å². The fraction of sp³-hybridized carbons (Fsp3) is 0.789. The quantitative estimate of drug-likeness (QED) is 0.476. The van der Waals surface area contributed by atoms with Crippen molar-refractivity contribution in [2.24, 2.45) is 0 Å². The lowest BCUT2D eigenvalue weighted by molar-refractivity contribution is -0.117. The molecule has 2 aliphatic heterocycles. The van der Waals surface area contributed by atoms with Crippen LogP contribution in [0.4, 0.5) is 0 Å². The van der Waals surface area contributed by atoms with Crippen LogP contribution in [0.3, 0.4) is 0 Å². The summed E-state index contributed by atoms with van der Waals surface area (Å²) in [5, 5.41) is 19.1. The van der Waals surface area contributed by atoms with Gasteiger partial charge in [0.1, 0.15) is 11.6 Å². The van der Waals surface area contributed by atoms with E-state index >= 15 is 0 Å². The first-order valence-corrected chi connectivity index (χ1v) is 9.45. The maximum absolute atomic E-state index is 12.2. The summed E-state index contributed by atoms with van der Waals surface area (Å²) in [6, 6.07) is 2.24. The van der Waals surface area contributed by atoms with E-state index in [2.05, 4.69) is 48.5 Å². The largest absolute Gasteiger partial charge is 0.387 e. The number of hydrogen-bond acceptors (Lipinski definition) is 6. The van der Waals surface area contributed by atoms with Crippen molar-refractivity contribution >= 4 is 5.91 Å². The number of nitriles is 1. The summed E-state index contributed by atoms with van der Waals surface area (Å²) in [6.45, 7) is 13.3. The Labute approximate surface area is 157 Å². The van der Waals surface area contributed by atoms with Crippen molar-refractivity contribution in [3.63, 3.8) is 0 Å². The molecule has 7 heteroatoms. The van der Waals surface area contributed by atoms with E-state index < -0.39 is 0 Å². The zero-order valence-electron chi connectivity index (χ0n) is 16.5. The van der Waals surface area contributed by atoms with E-state index in [4.69, 9.17) is 4.74 Å². The van der Waals surface area contributed by atoms with E-state index in [-0.39, 0.29) is 28.6 Å². The average Bonchev–Trinajstić information content (AvgIpc) is 2.53. The van der Waals surface area contributed by atoms with Crippen molar-refractivity contribution < 1.29 is 9.53 Å². The van der Waals surface area contributed by atoms with Gasteiger partial charge in [-0.05, 0) is 40.5 Å². The fourth-order valence-corrected chi connectivity index (χ4v) is 4.04. The van der Waals surface area contributed by atoms with Crippen LogP contribution in [0.1, 0.15) is 40.5 Å². The minimum Gasteiger partial charge on any atom is -0.387 e. The van der Waals surface area contributed by atoms with E-state index in [1.807, 2.05) is 6.07 Å². The van der Waals surface area contributed by atoms with Crippen LogP contribution in [-0.2, 0) is 9.53 Å². The number of amides is 1. The SMILES string of the molecule is CC1(C)CC(N/C=C(/C#N)C(=O)NCCN2CCOCC2)CC(C)(C)N1. The maximum atomic E-state index is 12.2. The van der Waals surface area contributed by atoms with Crippen LogP contribution in [0.5, 0.6) is 0 Å². The van der Waals surface area contributed by atoms with E-state index in [9.17, 15) is 10.1 Å². The van der Waals surface area contributed by atoms with Crippen LogP contribution in [0.2, 0.25) is 0 Å². The molecule has 2 aliphatic rings. The third-order valence-electron chi connectivity index (χ3n) is 4.84. The van der Waals surface area contributed by atoms with Gasteiger partial charge in [-0.2, -0.15) is 5.26 Å². The molecule has 0 spiro atoms. The minimum absolute atomic E-state index is 0.0144. The van der Waals surface area contributed by atoms with Crippen LogP contribution < -0.4 is 16.0 Å². The highest BCUT2D eigenvalue weighted by Crippen LogP contribution is 2.28. The Morgan fingerprint density at radius 2 is 1.88 bits per heavy atom. The summed E-state index contributed by atoms with van der Waals surface area (Å²) >= 11 is 0. The number of carbonyl (C=O) groups is 1. The second-order valence-corrected chi connectivity index (χ2v) is 8.54. The van der Waals surface area contributed by atoms with Gasteiger partial charge in [0.25, 0.3) is 5.91 Å². The first-order chi connectivity index (χ1) is 12.2. The Balaban J connectivity index is 1.82. The smallest absolute Gasteiger partial charge is 0.263 e. The average molecular weight is 364 g/mol. The van der Waals surface area contributed by atoms with Crippen molar-refractivity contribution in [2.75, 3.05) is 39.4 Å². The first-order valence-electron chi connectivity index (χ1n) is 9.45. The molecule has 2 rings (SSSR count). The van der Waals surface area contributed by atoms with Crippen molar-refractivity contribution in [1.82, 2.24) is 20.9 Å². The Bertz CT molecular complexity index is 543. The monoisotopic (exact) mass is 363 g/mol. The predicted molar refractivity (Wildman–Crippen MR) is 101 cm³/mol. The van der Waals surface area contributed by atoms with Crippen molar-refractivity contribution in [3.05, 3.63) is 11.8 Å². The third kappa shape index (κ3) is 6.60. The molecule has 0 unspecified atom stereocenters. The Kier molecular flexibility index (Phi) is 7.04. The second-order valence-electron chi connectivity index (χ2n) is 8.54. The Hall–Kier alpha value is -1.62. The zero-order chi connectivity index (χ0) is 19.2. The normalized spacial score (nSPS) is 23.9. The lowest BCUT2D eigenvalue weighted by Crippen LogP contribution is -2.61. The van der Waals surface area contributed by atoms with E-state index in [1.54, 1.807) is 6.20 Å². The first kappa shape index (κ1) is 20.7. The summed E-state index contributed by atoms with van der Waals surface area (Å²) in [5.74, 6) is -0.319. The molecule has 0 aromatic heterocycles. The Morgan fingerprint density at radius 3 is 2.46 bits per heavy atom. The molecule has 0 atom stereocenters. The lowest BCUT2D eigenvalue weighted by Gasteiger charge is -2.46. The van der Waals surface area contributed by atoms with Gasteiger partial charge >= 0.3 is 0 Å².